The van der Waals surface area contributed by atoms with Gasteiger partial charge in [0, 0.05) is 26.6 Å². The molecule has 0 aliphatic carbocycles. The maximum Gasteiger partial charge on any atom is 0.174 e. The van der Waals surface area contributed by atoms with Gasteiger partial charge in [-0.25, -0.2) is 4.99 Å². The van der Waals surface area contributed by atoms with Crippen molar-refractivity contribution in [3.63, 3.8) is 0 Å². The van der Waals surface area contributed by atoms with Crippen LogP contribution in [0.25, 0.3) is 11.4 Å². The Hall–Kier alpha value is -2.40. The molecule has 3 aliphatic heterocycles. The van der Waals surface area contributed by atoms with Gasteiger partial charge in [0.05, 0.1) is 17.4 Å². The van der Waals surface area contributed by atoms with E-state index >= 15 is 0 Å². The first-order chi connectivity index (χ1) is 14.8. The Morgan fingerprint density at radius 2 is 1.67 bits per heavy atom. The molecule has 1 atom stereocenters. The number of hydrogen-bond donors (Lipinski definition) is 0. The second-order valence-corrected chi connectivity index (χ2v) is 9.65. The fourth-order valence-corrected chi connectivity index (χ4v) is 6.40. The first-order valence-electron chi connectivity index (χ1n) is 9.80. The monoisotopic (exact) mass is 444 g/mol. The number of nitrogens with zero attached hydrogens (tertiary/aromatic N) is 2. The van der Waals surface area contributed by atoms with Crippen LogP contribution in [-0.2, 0) is 0 Å². The van der Waals surface area contributed by atoms with Crippen molar-refractivity contribution in [3.05, 3.63) is 112 Å². The SMILES string of the molecule is Clc1ccc(C2C3=C(N=C4SC=C(c5ccccc5)N42)c2ccccc2SC3)cc1. The molecule has 3 aromatic carbocycles. The molecule has 5 heteroatoms. The van der Waals surface area contributed by atoms with Gasteiger partial charge in [-0.05, 0) is 34.9 Å². The van der Waals surface area contributed by atoms with E-state index in [1.54, 1.807) is 11.8 Å². The topological polar surface area (TPSA) is 15.6 Å². The predicted molar refractivity (Wildman–Crippen MR) is 130 cm³/mol. The quantitative estimate of drug-likeness (QED) is 0.412. The summed E-state index contributed by atoms with van der Waals surface area (Å²) < 4.78 is 0. The molecule has 0 aromatic heterocycles. The van der Waals surface area contributed by atoms with Gasteiger partial charge in [0.15, 0.2) is 5.17 Å². The molecule has 2 nitrogen and oxygen atoms in total. The van der Waals surface area contributed by atoms with Crippen LogP contribution in [0.5, 0.6) is 0 Å². The highest BCUT2D eigenvalue weighted by Crippen LogP contribution is 2.52. The molecule has 3 heterocycles. The Bertz CT molecular complexity index is 1230. The zero-order valence-electron chi connectivity index (χ0n) is 16.0. The maximum atomic E-state index is 6.22. The molecule has 0 amide bonds. The van der Waals surface area contributed by atoms with Gasteiger partial charge in [-0.2, -0.15) is 0 Å². The van der Waals surface area contributed by atoms with Gasteiger partial charge in [0.2, 0.25) is 0 Å². The summed E-state index contributed by atoms with van der Waals surface area (Å²) >= 11 is 9.83. The molecule has 146 valence electrons. The van der Waals surface area contributed by atoms with E-state index in [1.165, 1.54) is 32.9 Å². The van der Waals surface area contributed by atoms with Gasteiger partial charge in [0.1, 0.15) is 0 Å². The molecule has 0 fully saturated rings. The molecular formula is C25H17ClN2S2. The molecular weight excluding hydrogens is 428 g/mol. The lowest BCUT2D eigenvalue weighted by Crippen LogP contribution is -2.34. The van der Waals surface area contributed by atoms with Crippen molar-refractivity contribution in [2.24, 2.45) is 4.99 Å². The van der Waals surface area contributed by atoms with Crippen LogP contribution < -0.4 is 0 Å². The van der Waals surface area contributed by atoms with Crippen LogP contribution in [0.4, 0.5) is 0 Å². The average Bonchev–Trinajstić information content (AvgIpc) is 3.22. The molecule has 3 aromatic rings. The van der Waals surface area contributed by atoms with Crippen molar-refractivity contribution in [2.45, 2.75) is 10.9 Å². The van der Waals surface area contributed by atoms with Crippen LogP contribution in [0.3, 0.4) is 0 Å². The predicted octanol–water partition coefficient (Wildman–Crippen LogP) is 7.32. The van der Waals surface area contributed by atoms with Crippen LogP contribution in [0.15, 0.2) is 99.7 Å². The number of rotatable bonds is 2. The fraction of sp³-hybridized carbons (Fsp3) is 0.0800. The molecule has 1 unspecified atom stereocenters. The molecule has 6 rings (SSSR count). The minimum atomic E-state index is 0.104. The van der Waals surface area contributed by atoms with Crippen LogP contribution in [-0.4, -0.2) is 15.8 Å². The third-order valence-corrected chi connectivity index (χ3v) is 7.84. The van der Waals surface area contributed by atoms with E-state index in [2.05, 4.69) is 77.0 Å². The fourth-order valence-electron chi connectivity index (χ4n) is 4.24. The van der Waals surface area contributed by atoms with E-state index in [1.807, 2.05) is 23.9 Å². The van der Waals surface area contributed by atoms with Crippen molar-refractivity contribution >= 4 is 51.7 Å². The molecule has 0 N–H and O–H groups in total. The van der Waals surface area contributed by atoms with Gasteiger partial charge in [-0.3, -0.25) is 0 Å². The van der Waals surface area contributed by atoms with Crippen molar-refractivity contribution in [1.82, 2.24) is 4.90 Å². The summed E-state index contributed by atoms with van der Waals surface area (Å²) in [4.78, 5) is 8.88. The summed E-state index contributed by atoms with van der Waals surface area (Å²) in [5, 5.41) is 4.03. The Morgan fingerprint density at radius 3 is 2.50 bits per heavy atom. The zero-order valence-corrected chi connectivity index (χ0v) is 18.3. The van der Waals surface area contributed by atoms with Crippen LogP contribution in [0, 0.1) is 0 Å². The normalized spacial score (nSPS) is 19.6. The lowest BCUT2D eigenvalue weighted by molar-refractivity contribution is 0.490. The molecule has 0 saturated heterocycles. The minimum absolute atomic E-state index is 0.104. The summed E-state index contributed by atoms with van der Waals surface area (Å²) in [7, 11) is 0. The van der Waals surface area contributed by atoms with Gasteiger partial charge >= 0.3 is 0 Å². The molecule has 0 radical (unpaired) electrons. The summed E-state index contributed by atoms with van der Waals surface area (Å²) in [6.45, 7) is 0. The van der Waals surface area contributed by atoms with E-state index in [9.17, 15) is 0 Å². The van der Waals surface area contributed by atoms with Gasteiger partial charge < -0.3 is 4.90 Å². The number of benzene rings is 3. The van der Waals surface area contributed by atoms with Gasteiger partial charge in [0.25, 0.3) is 0 Å². The zero-order chi connectivity index (χ0) is 20.1. The van der Waals surface area contributed by atoms with E-state index in [-0.39, 0.29) is 6.04 Å². The summed E-state index contributed by atoms with van der Waals surface area (Å²) in [5.74, 6) is 0.930. The van der Waals surface area contributed by atoms with Crippen molar-refractivity contribution in [3.8, 4) is 0 Å². The average molecular weight is 445 g/mol. The third kappa shape index (κ3) is 2.94. The first-order valence-corrected chi connectivity index (χ1v) is 12.0. The highest BCUT2D eigenvalue weighted by molar-refractivity contribution is 8.16. The van der Waals surface area contributed by atoms with Gasteiger partial charge in [-0.1, -0.05) is 84.0 Å². The first kappa shape index (κ1) is 18.4. The third-order valence-electron chi connectivity index (χ3n) is 5.62. The van der Waals surface area contributed by atoms with Crippen LogP contribution in [0.2, 0.25) is 5.02 Å². The molecule has 3 aliphatic rings. The largest absolute Gasteiger partial charge is 0.308 e. The smallest absolute Gasteiger partial charge is 0.174 e. The molecule has 0 bridgehead atoms. The number of aliphatic imine (C=N–C) groups is 1. The van der Waals surface area contributed by atoms with E-state index < -0.39 is 0 Å². The molecule has 0 saturated carbocycles. The van der Waals surface area contributed by atoms with E-state index in [0.717, 1.165) is 21.6 Å². The number of halogens is 1. The maximum absolute atomic E-state index is 6.22. The van der Waals surface area contributed by atoms with E-state index in [4.69, 9.17) is 16.6 Å². The Labute approximate surface area is 189 Å². The lowest BCUT2D eigenvalue weighted by Gasteiger charge is -2.39. The Morgan fingerprint density at radius 1 is 0.900 bits per heavy atom. The number of thioether (sulfide) groups is 2. The highest BCUT2D eigenvalue weighted by atomic mass is 35.5. The Balaban J connectivity index is 1.55. The van der Waals surface area contributed by atoms with E-state index in [0.29, 0.717) is 0 Å². The standard InChI is InChI=1S/C25H17ClN2S2/c26-18-12-10-17(11-13-18)24-20-14-29-22-9-5-4-8-19(22)23(20)27-25-28(24)21(15-30-25)16-6-2-1-3-7-16/h1-13,15,24H,14H2. The number of fused-ring (bicyclic) bond motifs is 3. The number of hydrogen-bond acceptors (Lipinski definition) is 4. The van der Waals surface area contributed by atoms with Crippen molar-refractivity contribution < 1.29 is 0 Å². The summed E-state index contributed by atoms with van der Waals surface area (Å²) in [5.41, 5.74) is 7.38. The van der Waals surface area contributed by atoms with Crippen LogP contribution in [0.1, 0.15) is 22.7 Å². The van der Waals surface area contributed by atoms with Gasteiger partial charge in [-0.15, -0.1) is 11.8 Å². The van der Waals surface area contributed by atoms with Crippen molar-refractivity contribution in [1.29, 1.82) is 0 Å². The molecule has 30 heavy (non-hydrogen) atoms. The minimum Gasteiger partial charge on any atom is -0.308 e. The highest BCUT2D eigenvalue weighted by Gasteiger charge is 2.40. The second kappa shape index (κ2) is 7.38. The van der Waals surface area contributed by atoms with Crippen LogP contribution >= 0.6 is 35.1 Å². The number of amidine groups is 1. The van der Waals surface area contributed by atoms with Crippen molar-refractivity contribution in [2.75, 3.05) is 5.75 Å². The summed E-state index contributed by atoms with van der Waals surface area (Å²) in [6, 6.07) is 27.6. The lowest BCUT2D eigenvalue weighted by atomic mass is 9.92. The second-order valence-electron chi connectivity index (χ2n) is 7.36. The summed E-state index contributed by atoms with van der Waals surface area (Å²) in [6.07, 6.45) is 0. The molecule has 0 spiro atoms. The Kier molecular flexibility index (Phi) is 4.52.